The Morgan fingerprint density at radius 1 is 1.35 bits per heavy atom. The normalized spacial score (nSPS) is 10.0. The van der Waals surface area contributed by atoms with Gasteiger partial charge in [0, 0.05) is 10.9 Å². The quantitative estimate of drug-likeness (QED) is 0.441. The van der Waals surface area contributed by atoms with Gasteiger partial charge in [0.15, 0.2) is 0 Å². The second-order valence-corrected chi connectivity index (χ2v) is 4.27. The molecule has 1 rings (SSSR count). The summed E-state index contributed by atoms with van der Waals surface area (Å²) >= 11 is 3.35. The van der Waals surface area contributed by atoms with Gasteiger partial charge in [-0.1, -0.05) is 34.1 Å². The Labute approximate surface area is 110 Å². The molecule has 0 aromatic heterocycles. The molecule has 0 saturated heterocycles. The number of benzene rings is 1. The molecule has 0 aliphatic carbocycles. The topological polar surface area (TPSA) is 35.5 Å². The average molecular weight is 301 g/mol. The van der Waals surface area contributed by atoms with Crippen LogP contribution < -0.4 is 4.74 Å². The maximum atomic E-state index is 11.4. The fourth-order valence-electron chi connectivity index (χ4n) is 1.39. The summed E-state index contributed by atoms with van der Waals surface area (Å²) < 4.78 is 10.5. The summed E-state index contributed by atoms with van der Waals surface area (Å²) in [6.07, 6.45) is 1.20. The van der Waals surface area contributed by atoms with Crippen molar-refractivity contribution < 1.29 is 14.3 Å². The predicted molar refractivity (Wildman–Crippen MR) is 70.7 cm³/mol. The summed E-state index contributed by atoms with van der Waals surface area (Å²) in [4.78, 5) is 11.4. The smallest absolute Gasteiger partial charge is 0.310 e. The van der Waals surface area contributed by atoms with Crippen LogP contribution >= 0.6 is 15.9 Å². The van der Waals surface area contributed by atoms with Gasteiger partial charge in [-0.3, -0.25) is 4.79 Å². The molecule has 4 heteroatoms. The van der Waals surface area contributed by atoms with E-state index in [0.717, 1.165) is 23.1 Å². The highest BCUT2D eigenvalue weighted by Gasteiger charge is 2.08. The Kier molecular flexibility index (Phi) is 6.70. The number of para-hydroxylation sites is 1. The monoisotopic (exact) mass is 300 g/mol. The van der Waals surface area contributed by atoms with Gasteiger partial charge in [0.1, 0.15) is 5.75 Å². The highest BCUT2D eigenvalue weighted by molar-refractivity contribution is 9.09. The molecule has 0 atom stereocenters. The molecule has 94 valence electrons. The summed E-state index contributed by atoms with van der Waals surface area (Å²) in [6.45, 7) is 2.85. The van der Waals surface area contributed by atoms with Crippen LogP contribution in [0.15, 0.2) is 24.3 Å². The molecule has 1 aromatic rings. The molecular weight excluding hydrogens is 284 g/mol. The van der Waals surface area contributed by atoms with Crippen molar-refractivity contribution >= 4 is 21.9 Å². The second kappa shape index (κ2) is 8.12. The molecule has 0 fully saturated rings. The Hall–Kier alpha value is -1.03. The van der Waals surface area contributed by atoms with Gasteiger partial charge in [0.05, 0.1) is 19.6 Å². The van der Waals surface area contributed by atoms with E-state index in [2.05, 4.69) is 15.9 Å². The van der Waals surface area contributed by atoms with E-state index >= 15 is 0 Å². The van der Waals surface area contributed by atoms with Crippen LogP contribution in [0.25, 0.3) is 0 Å². The van der Waals surface area contributed by atoms with Crippen molar-refractivity contribution in [3.05, 3.63) is 29.8 Å². The van der Waals surface area contributed by atoms with Gasteiger partial charge in [-0.15, -0.1) is 0 Å². The Morgan fingerprint density at radius 2 is 2.12 bits per heavy atom. The molecule has 0 heterocycles. The van der Waals surface area contributed by atoms with Crippen molar-refractivity contribution in [1.29, 1.82) is 0 Å². The highest BCUT2D eigenvalue weighted by atomic mass is 79.9. The number of carbonyl (C=O) groups is 1. The zero-order valence-electron chi connectivity index (χ0n) is 9.95. The van der Waals surface area contributed by atoms with E-state index < -0.39 is 0 Å². The maximum absolute atomic E-state index is 11.4. The first kappa shape index (κ1) is 14.0. The standard InChI is InChI=1S/C13H17BrO3/c1-2-16-13(15)10-11-6-3-4-7-12(11)17-9-5-8-14/h3-4,6-7H,2,5,8-10H2,1H3. The van der Waals surface area contributed by atoms with Gasteiger partial charge in [-0.2, -0.15) is 0 Å². The van der Waals surface area contributed by atoms with Crippen molar-refractivity contribution in [3.63, 3.8) is 0 Å². The molecule has 0 radical (unpaired) electrons. The van der Waals surface area contributed by atoms with Crippen LogP contribution in [0.4, 0.5) is 0 Å². The Balaban J connectivity index is 2.60. The third-order valence-electron chi connectivity index (χ3n) is 2.15. The Bertz CT molecular complexity index is 352. The van der Waals surface area contributed by atoms with Crippen molar-refractivity contribution in [2.45, 2.75) is 19.8 Å². The van der Waals surface area contributed by atoms with E-state index in [9.17, 15) is 4.79 Å². The van der Waals surface area contributed by atoms with Gasteiger partial charge >= 0.3 is 5.97 Å². The van der Waals surface area contributed by atoms with Crippen LogP contribution in [-0.2, 0) is 16.0 Å². The molecular formula is C13H17BrO3. The van der Waals surface area contributed by atoms with E-state index in [0.29, 0.717) is 13.2 Å². The SMILES string of the molecule is CCOC(=O)Cc1ccccc1OCCCBr. The maximum Gasteiger partial charge on any atom is 0.310 e. The summed E-state index contributed by atoms with van der Waals surface area (Å²) in [6, 6.07) is 7.56. The molecule has 0 amide bonds. The van der Waals surface area contributed by atoms with Gasteiger partial charge in [0.25, 0.3) is 0 Å². The van der Waals surface area contributed by atoms with E-state index in [-0.39, 0.29) is 12.4 Å². The fourth-order valence-corrected chi connectivity index (χ4v) is 1.62. The van der Waals surface area contributed by atoms with Crippen LogP contribution in [0, 0.1) is 0 Å². The van der Waals surface area contributed by atoms with E-state index in [4.69, 9.17) is 9.47 Å². The lowest BCUT2D eigenvalue weighted by Gasteiger charge is -2.10. The van der Waals surface area contributed by atoms with Gasteiger partial charge < -0.3 is 9.47 Å². The largest absolute Gasteiger partial charge is 0.493 e. The minimum Gasteiger partial charge on any atom is -0.493 e. The highest BCUT2D eigenvalue weighted by Crippen LogP contribution is 2.19. The molecule has 0 aliphatic heterocycles. The second-order valence-electron chi connectivity index (χ2n) is 3.48. The zero-order valence-corrected chi connectivity index (χ0v) is 11.5. The lowest BCUT2D eigenvalue weighted by Crippen LogP contribution is -2.09. The zero-order chi connectivity index (χ0) is 12.5. The van der Waals surface area contributed by atoms with E-state index in [1.54, 1.807) is 6.92 Å². The van der Waals surface area contributed by atoms with Gasteiger partial charge in [0.2, 0.25) is 0 Å². The molecule has 0 aliphatic rings. The molecule has 1 aromatic carbocycles. The van der Waals surface area contributed by atoms with Crippen molar-refractivity contribution in [3.8, 4) is 5.75 Å². The first-order valence-corrected chi connectivity index (χ1v) is 6.82. The summed E-state index contributed by atoms with van der Waals surface area (Å²) in [5.74, 6) is 0.547. The fraction of sp³-hybridized carbons (Fsp3) is 0.462. The summed E-state index contributed by atoms with van der Waals surface area (Å²) in [5, 5.41) is 0.910. The number of rotatable bonds is 7. The minimum absolute atomic E-state index is 0.218. The van der Waals surface area contributed by atoms with E-state index in [1.165, 1.54) is 0 Å². The molecule has 0 bridgehead atoms. The first-order chi connectivity index (χ1) is 8.27. The minimum atomic E-state index is -0.218. The molecule has 3 nitrogen and oxygen atoms in total. The van der Waals surface area contributed by atoms with Crippen LogP contribution in [0.1, 0.15) is 18.9 Å². The number of hydrogen-bond acceptors (Lipinski definition) is 3. The lowest BCUT2D eigenvalue weighted by molar-refractivity contribution is -0.142. The van der Waals surface area contributed by atoms with Crippen LogP contribution in [0.5, 0.6) is 5.75 Å². The Morgan fingerprint density at radius 3 is 2.82 bits per heavy atom. The van der Waals surface area contributed by atoms with Crippen LogP contribution in [0.3, 0.4) is 0 Å². The van der Waals surface area contributed by atoms with Crippen molar-refractivity contribution in [1.82, 2.24) is 0 Å². The van der Waals surface area contributed by atoms with Gasteiger partial charge in [-0.05, 0) is 19.4 Å². The number of alkyl halides is 1. The van der Waals surface area contributed by atoms with Crippen LogP contribution in [-0.4, -0.2) is 24.5 Å². The molecule has 0 unspecified atom stereocenters. The van der Waals surface area contributed by atoms with E-state index in [1.807, 2.05) is 24.3 Å². The lowest BCUT2D eigenvalue weighted by atomic mass is 10.1. The molecule has 0 N–H and O–H groups in total. The van der Waals surface area contributed by atoms with Crippen molar-refractivity contribution in [2.24, 2.45) is 0 Å². The third kappa shape index (κ3) is 5.22. The molecule has 17 heavy (non-hydrogen) atoms. The number of halogens is 1. The molecule has 0 saturated carbocycles. The number of hydrogen-bond donors (Lipinski definition) is 0. The van der Waals surface area contributed by atoms with Crippen LogP contribution in [0.2, 0.25) is 0 Å². The molecule has 0 spiro atoms. The van der Waals surface area contributed by atoms with Gasteiger partial charge in [-0.25, -0.2) is 0 Å². The summed E-state index contributed by atoms with van der Waals surface area (Å²) in [5.41, 5.74) is 0.875. The third-order valence-corrected chi connectivity index (χ3v) is 2.71. The summed E-state index contributed by atoms with van der Waals surface area (Å²) in [7, 11) is 0. The predicted octanol–water partition coefficient (Wildman–Crippen LogP) is 2.96. The first-order valence-electron chi connectivity index (χ1n) is 5.70. The average Bonchev–Trinajstić information content (AvgIpc) is 2.32. The number of esters is 1. The number of ether oxygens (including phenoxy) is 2. The van der Waals surface area contributed by atoms with Crippen molar-refractivity contribution in [2.75, 3.05) is 18.5 Å². The number of carbonyl (C=O) groups excluding carboxylic acids is 1.